The first-order valence-corrected chi connectivity index (χ1v) is 21.5. The summed E-state index contributed by atoms with van der Waals surface area (Å²) in [5.41, 5.74) is 26.2. The van der Waals surface area contributed by atoms with Crippen LogP contribution in [0.2, 0.25) is 0 Å². The monoisotopic (exact) mass is 906 g/mol. The van der Waals surface area contributed by atoms with E-state index < -0.39 is 5.97 Å². The number of carboxylic acids is 1. The van der Waals surface area contributed by atoms with Gasteiger partial charge < -0.3 is 27.6 Å². The van der Waals surface area contributed by atoms with E-state index in [1.165, 1.54) is 12.3 Å². The second kappa shape index (κ2) is 21.1. The summed E-state index contributed by atoms with van der Waals surface area (Å²) in [5, 5.41) is 17.7. The molecule has 0 bridgehead atoms. The van der Waals surface area contributed by atoms with Gasteiger partial charge in [0, 0.05) is 90.8 Å². The molecule has 15 nitrogen and oxygen atoms in total. The van der Waals surface area contributed by atoms with Crippen molar-refractivity contribution < 1.29 is 14.7 Å². The summed E-state index contributed by atoms with van der Waals surface area (Å²) in [6, 6.07) is 37.5. The first-order chi connectivity index (χ1) is 33.5. The number of fused-ring (bicyclic) bond motifs is 4. The molecule has 0 saturated carbocycles. The molecule has 0 fully saturated rings. The van der Waals surface area contributed by atoms with Gasteiger partial charge >= 0.3 is 5.97 Å². The Bertz CT molecular complexity index is 3640. The molecule has 4 aromatic carbocycles. The number of rotatable bonds is 9. The van der Waals surface area contributed by atoms with Gasteiger partial charge in [0.1, 0.15) is 11.6 Å². The summed E-state index contributed by atoms with van der Waals surface area (Å²) in [4.78, 5) is 55.9. The third-order valence-electron chi connectivity index (χ3n) is 11.0. The summed E-state index contributed by atoms with van der Waals surface area (Å²) in [5.74, 6) is -0.0663. The van der Waals surface area contributed by atoms with Crippen LogP contribution in [0, 0.1) is 13.1 Å². The number of nitrogens with one attached hydrogen (secondary N) is 1. The number of hydrogen-bond acceptors (Lipinski definition) is 11. The summed E-state index contributed by atoms with van der Waals surface area (Å²) >= 11 is 0. The Labute approximate surface area is 396 Å². The van der Waals surface area contributed by atoms with E-state index in [2.05, 4.69) is 44.9 Å². The number of pyridine rings is 6. The van der Waals surface area contributed by atoms with Gasteiger partial charge in [0.05, 0.1) is 29.7 Å². The number of nitrogens with zero attached hydrogens (tertiary/aromatic N) is 8. The van der Waals surface area contributed by atoms with Crippen molar-refractivity contribution in [2.24, 2.45) is 5.73 Å². The van der Waals surface area contributed by atoms with Crippen molar-refractivity contribution in [1.82, 2.24) is 35.2 Å². The molecule has 0 radical (unpaired) electrons. The molecular formula is C54H42N12O3. The van der Waals surface area contributed by atoms with Crippen molar-refractivity contribution in [2.45, 2.75) is 25.9 Å². The zero-order valence-electron chi connectivity index (χ0n) is 36.9. The van der Waals surface area contributed by atoms with Crippen LogP contribution in [-0.4, -0.2) is 46.9 Å². The third kappa shape index (κ3) is 11.4. The number of nitrogen functional groups attached to an aromatic ring is 2. The van der Waals surface area contributed by atoms with Gasteiger partial charge in [-0.3, -0.25) is 24.7 Å². The lowest BCUT2D eigenvalue weighted by Crippen LogP contribution is -2.23. The van der Waals surface area contributed by atoms with Crippen molar-refractivity contribution in [3.63, 3.8) is 0 Å². The SMILES string of the molecule is NCc1ccc2c(N)nccc2c1.[C-]#[N+]c1cnc2ccc(Cc3cc(C(=O)NCc4ccc5c(N)nccc5c4)ccn3)cc2c1.[C-]#[N+]c1cnc2ccc(Cc3cc(C(=O)O)ccn3)cc2c1. The number of anilines is 2. The molecule has 6 heterocycles. The molecule has 15 heteroatoms. The highest BCUT2D eigenvalue weighted by Crippen LogP contribution is 2.24. The minimum Gasteiger partial charge on any atom is -0.478 e. The summed E-state index contributed by atoms with van der Waals surface area (Å²) in [7, 11) is 0. The third-order valence-corrected chi connectivity index (χ3v) is 11.0. The molecule has 0 aliphatic heterocycles. The van der Waals surface area contributed by atoms with Gasteiger partial charge in [0.2, 0.25) is 11.4 Å². The van der Waals surface area contributed by atoms with Gasteiger partial charge in [-0.15, -0.1) is 0 Å². The molecular weight excluding hydrogens is 865 g/mol. The number of carbonyl (C=O) groups is 2. The minimum atomic E-state index is -0.965. The Balaban J connectivity index is 0.000000156. The largest absolute Gasteiger partial charge is 0.478 e. The highest BCUT2D eigenvalue weighted by Gasteiger charge is 2.10. The van der Waals surface area contributed by atoms with Gasteiger partial charge in [0.15, 0.2) is 0 Å². The molecule has 0 aliphatic rings. The highest BCUT2D eigenvalue weighted by molar-refractivity contribution is 5.95. The molecule has 0 aliphatic carbocycles. The first-order valence-electron chi connectivity index (χ1n) is 21.5. The molecule has 10 rings (SSSR count). The van der Waals surface area contributed by atoms with Gasteiger partial charge in [-0.25, -0.2) is 24.5 Å². The van der Waals surface area contributed by atoms with Crippen LogP contribution in [0.3, 0.4) is 0 Å². The van der Waals surface area contributed by atoms with Gasteiger partial charge in [-0.05, 0) is 117 Å². The van der Waals surface area contributed by atoms with Crippen LogP contribution >= 0.6 is 0 Å². The molecule has 6 aromatic heterocycles. The lowest BCUT2D eigenvalue weighted by molar-refractivity contribution is 0.0696. The Morgan fingerprint density at radius 3 is 1.51 bits per heavy atom. The van der Waals surface area contributed by atoms with Gasteiger partial charge in [-0.1, -0.05) is 48.5 Å². The van der Waals surface area contributed by atoms with E-state index in [1.54, 1.807) is 55.2 Å². The molecule has 8 N–H and O–H groups in total. The van der Waals surface area contributed by atoms with E-state index in [4.69, 9.17) is 35.5 Å². The van der Waals surface area contributed by atoms with E-state index in [0.29, 0.717) is 60.2 Å². The Kier molecular flexibility index (Phi) is 14.0. The minimum absolute atomic E-state index is 0.164. The van der Waals surface area contributed by atoms with E-state index in [-0.39, 0.29) is 11.5 Å². The highest BCUT2D eigenvalue weighted by atomic mass is 16.4. The summed E-state index contributed by atoms with van der Waals surface area (Å²) < 4.78 is 0. The quantitative estimate of drug-likeness (QED) is 0.0853. The fraction of sp³-hybridized carbons (Fsp3) is 0.0741. The van der Waals surface area contributed by atoms with Crippen molar-refractivity contribution >= 4 is 78.2 Å². The molecule has 69 heavy (non-hydrogen) atoms. The maximum atomic E-state index is 12.8. The summed E-state index contributed by atoms with van der Waals surface area (Å²) in [6.07, 6.45) is 10.7. The van der Waals surface area contributed by atoms with Crippen molar-refractivity contribution in [2.75, 3.05) is 11.5 Å². The zero-order valence-corrected chi connectivity index (χ0v) is 36.9. The van der Waals surface area contributed by atoms with E-state index in [1.807, 2.05) is 91.0 Å². The Hall–Kier alpha value is -9.70. The number of nitrogens with two attached hydrogens (primary N) is 3. The molecule has 0 spiro atoms. The number of aromatic nitrogens is 6. The molecule has 1 amide bonds. The lowest BCUT2D eigenvalue weighted by Gasteiger charge is -2.09. The number of carbonyl (C=O) groups excluding carboxylic acids is 1. The molecule has 0 unspecified atom stereocenters. The maximum Gasteiger partial charge on any atom is 0.335 e. The van der Waals surface area contributed by atoms with Gasteiger partial charge in [-0.2, -0.15) is 0 Å². The number of carboxylic acid groups (broad SMARTS) is 1. The van der Waals surface area contributed by atoms with Crippen molar-refractivity contribution in [3.8, 4) is 0 Å². The molecule has 10 aromatic rings. The smallest absolute Gasteiger partial charge is 0.335 e. The number of amides is 1. The zero-order chi connectivity index (χ0) is 48.3. The summed E-state index contributed by atoms with van der Waals surface area (Å²) in [6.45, 7) is 15.2. The van der Waals surface area contributed by atoms with E-state index >= 15 is 0 Å². The second-order valence-corrected chi connectivity index (χ2v) is 15.8. The predicted molar refractivity (Wildman–Crippen MR) is 268 cm³/mol. The van der Waals surface area contributed by atoms with E-state index in [0.717, 1.165) is 71.3 Å². The van der Waals surface area contributed by atoms with Gasteiger partial charge in [0.25, 0.3) is 5.91 Å². The maximum absolute atomic E-state index is 12.8. The average Bonchev–Trinajstić information content (AvgIpc) is 3.38. The predicted octanol–water partition coefficient (Wildman–Crippen LogP) is 9.58. The fourth-order valence-corrected chi connectivity index (χ4v) is 7.55. The van der Waals surface area contributed by atoms with Crippen LogP contribution in [0.5, 0.6) is 0 Å². The Morgan fingerprint density at radius 1 is 0.522 bits per heavy atom. The molecule has 336 valence electrons. The Morgan fingerprint density at radius 2 is 0.986 bits per heavy atom. The number of hydrogen-bond donors (Lipinski definition) is 5. The van der Waals surface area contributed by atoms with Crippen LogP contribution < -0.4 is 22.5 Å². The van der Waals surface area contributed by atoms with Crippen molar-refractivity contribution in [1.29, 1.82) is 0 Å². The average molecular weight is 907 g/mol. The van der Waals surface area contributed by atoms with Crippen LogP contribution in [0.1, 0.15) is 54.4 Å². The van der Waals surface area contributed by atoms with Crippen LogP contribution in [0.15, 0.2) is 159 Å². The van der Waals surface area contributed by atoms with E-state index in [9.17, 15) is 9.59 Å². The standard InChI is InChI=1S/C27H20N6O.C17H11N3O2.C10H11N3/c1-29-23-14-21-10-17(3-5-25(21)32-16-23)12-22-13-20(7-8-30-22)27(34)33-15-18-2-4-24-19(11-18)6-9-31-26(24)28;1-18-15-9-13-6-11(2-3-16(13)20-10-15)7-14-8-12(17(21)22)4-5-19-14;11-6-7-1-2-9-8(5-7)3-4-13-10(9)12/h2-11,13-14,16H,12,15H2,(H2,28,31)(H,33,34);2-6,8-10H,7H2,(H,21,22);1-5H,6,11H2,(H2,12,13). The second-order valence-electron chi connectivity index (χ2n) is 15.8. The molecule has 0 atom stereocenters. The van der Waals surface area contributed by atoms with Crippen molar-refractivity contribution in [3.05, 3.63) is 226 Å². The lowest BCUT2D eigenvalue weighted by atomic mass is 10.0. The molecule has 0 saturated heterocycles. The normalized spacial score (nSPS) is 10.6. The van der Waals surface area contributed by atoms with Crippen LogP contribution in [0.4, 0.5) is 23.0 Å². The number of aromatic carboxylic acids is 1. The topological polar surface area (TPSA) is 231 Å². The fourth-order valence-electron chi connectivity index (χ4n) is 7.55. The van der Waals surface area contributed by atoms with Crippen LogP contribution in [0.25, 0.3) is 53.0 Å². The first kappa shape index (κ1) is 45.9. The number of benzene rings is 4. The van der Waals surface area contributed by atoms with Crippen LogP contribution in [-0.2, 0) is 25.9 Å².